The van der Waals surface area contributed by atoms with Crippen molar-refractivity contribution in [1.29, 1.82) is 0 Å². The van der Waals surface area contributed by atoms with Gasteiger partial charge in [0.1, 0.15) is 30.8 Å². The highest BCUT2D eigenvalue weighted by atomic mass is 32.2. The molecule has 2 fully saturated rings. The second-order valence-corrected chi connectivity index (χ2v) is 27.3. The second-order valence-electron chi connectivity index (χ2n) is 25.3. The third-order valence-electron chi connectivity index (χ3n) is 17.3. The van der Waals surface area contributed by atoms with Gasteiger partial charge < -0.3 is 66.8 Å². The van der Waals surface area contributed by atoms with Crippen LogP contribution in [0, 0.1) is 23.7 Å². The van der Waals surface area contributed by atoms with E-state index in [0.29, 0.717) is 68.3 Å². The maximum Gasteiger partial charge on any atom is 0.410 e. The summed E-state index contributed by atoms with van der Waals surface area (Å²) in [6.07, 6.45) is 1.26. The van der Waals surface area contributed by atoms with Crippen molar-refractivity contribution in [2.75, 3.05) is 52.8 Å². The molecule has 11 amide bonds. The van der Waals surface area contributed by atoms with Gasteiger partial charge >= 0.3 is 18.1 Å². The van der Waals surface area contributed by atoms with E-state index in [9.17, 15) is 61.2 Å². The van der Waals surface area contributed by atoms with Gasteiger partial charge in [-0.15, -0.1) is 0 Å². The number of carbonyl (C=O) groups excluding carboxylic acids is 10. The van der Waals surface area contributed by atoms with Gasteiger partial charge in [-0.25, -0.2) is 18.0 Å². The first-order valence-corrected chi connectivity index (χ1v) is 34.5. The van der Waals surface area contributed by atoms with Crippen molar-refractivity contribution >= 4 is 81.1 Å². The summed E-state index contributed by atoms with van der Waals surface area (Å²) in [4.78, 5) is 151. The standard InChI is InChI=1S/C66H103N11O17S/c1-12-14-34-77(58(42(7)13-2)51(92-10)37-53(79)76-35-20-24-50(76)59(93-11)43(8)60(83)72-49(36-44-21-16-15-17-22-44)62(85)74-95(90,91)47-31-32-47)54(80)38-69-64(87)57(41(5)6)75(9)66(89)94-39-45-27-29-46(30-28-45)70-61(84)48(23-19-33-68-65(67)88)71-63(86)56(40(3)4)73-52(78)25-18-26-55(81)82/h15-17,21-22,27-30,40-43,47-51,56-59H,12-14,18-20,23-26,31-39H2,1-11H3,(H,69,87)(H,70,84)(H,71,86)(H,72,83)(H,73,78)(H,74,85)(H,81,82)(H3,67,68,88). The molecule has 2 aliphatic rings. The summed E-state index contributed by atoms with van der Waals surface area (Å²) in [5, 5.41) is 24.3. The number of ether oxygens (including phenoxy) is 3. The van der Waals surface area contributed by atoms with Gasteiger partial charge in [0.25, 0.3) is 5.91 Å². The number of rotatable bonds is 41. The number of nitrogens with one attached hydrogen (secondary N) is 7. The maximum absolute atomic E-state index is 14.7. The SMILES string of the molecule is CCCCN(C(=O)CNC(=O)C(C(C)C)N(C)C(=O)OCc1ccc(NC(=O)C(CCCNC(N)=O)NC(=O)C(NC(=O)CCCC(=O)O)C(C)C)cc1)C(C(C)CC)C(CC(=O)N1CCCC1C(OC)C(C)C(=O)NC(Cc1ccccc1)C(=O)NS(=O)(=O)C1CC1)OC. The Balaban J connectivity index is 1.41. The van der Waals surface area contributed by atoms with Gasteiger partial charge in [0.15, 0.2) is 0 Å². The van der Waals surface area contributed by atoms with Gasteiger partial charge in [0, 0.05) is 65.9 Å². The average Bonchev–Trinajstić information content (AvgIpc) is 1.77. The van der Waals surface area contributed by atoms with Gasteiger partial charge in [-0.05, 0) is 92.4 Å². The van der Waals surface area contributed by atoms with Crippen LogP contribution in [-0.2, 0) is 80.4 Å². The number of methoxy groups -OCH3 is 2. The fourth-order valence-corrected chi connectivity index (χ4v) is 13.0. The number of primary amides is 1. The van der Waals surface area contributed by atoms with Crippen LogP contribution in [0.15, 0.2) is 54.6 Å². The molecule has 1 heterocycles. The van der Waals surface area contributed by atoms with E-state index in [-0.39, 0.29) is 76.5 Å². The number of urea groups is 1. The van der Waals surface area contributed by atoms with E-state index in [0.717, 1.165) is 4.90 Å². The minimum Gasteiger partial charge on any atom is -0.481 e. The summed E-state index contributed by atoms with van der Waals surface area (Å²) in [5.41, 5.74) is 6.72. The van der Waals surface area contributed by atoms with Gasteiger partial charge in [0.2, 0.25) is 51.4 Å². The van der Waals surface area contributed by atoms with Crippen molar-refractivity contribution in [2.45, 2.75) is 206 Å². The van der Waals surface area contributed by atoms with Crippen molar-refractivity contribution < 1.29 is 80.5 Å². The number of nitrogens with zero attached hydrogens (tertiary/aromatic N) is 3. The Kier molecular flexibility index (Phi) is 32.8. The largest absolute Gasteiger partial charge is 0.481 e. The molecule has 28 nitrogen and oxygen atoms in total. The molecule has 530 valence electrons. The molecule has 2 aromatic rings. The zero-order valence-electron chi connectivity index (χ0n) is 56.9. The Bertz CT molecular complexity index is 3010. The van der Waals surface area contributed by atoms with Crippen molar-refractivity contribution in [3.63, 3.8) is 0 Å². The molecule has 2 aromatic carbocycles. The summed E-state index contributed by atoms with van der Waals surface area (Å²) in [6.45, 7) is 14.5. The average molecular weight is 1350 g/mol. The quantitative estimate of drug-likeness (QED) is 0.0423. The molecular formula is C66H103N11O17S. The predicted molar refractivity (Wildman–Crippen MR) is 354 cm³/mol. The molecule has 0 aromatic heterocycles. The summed E-state index contributed by atoms with van der Waals surface area (Å²) in [7, 11) is 0.402. The minimum absolute atomic E-state index is 0.0198. The summed E-state index contributed by atoms with van der Waals surface area (Å²) < 4.78 is 45.6. The zero-order valence-corrected chi connectivity index (χ0v) is 57.8. The van der Waals surface area contributed by atoms with Crippen LogP contribution < -0.4 is 42.4 Å². The van der Waals surface area contributed by atoms with Crippen LogP contribution >= 0.6 is 0 Å². The lowest BCUT2D eigenvalue weighted by Crippen LogP contribution is -2.57. The topological polar surface area (TPSA) is 390 Å². The van der Waals surface area contributed by atoms with E-state index in [4.69, 9.17) is 25.1 Å². The van der Waals surface area contributed by atoms with Crippen molar-refractivity contribution in [3.8, 4) is 0 Å². The summed E-state index contributed by atoms with van der Waals surface area (Å²) in [6, 6.07) is 8.67. The number of amides is 11. The molecular weight excluding hydrogens is 1250 g/mol. The highest BCUT2D eigenvalue weighted by Gasteiger charge is 2.44. The molecule has 0 spiro atoms. The number of hydrogen-bond donors (Lipinski definition) is 9. The summed E-state index contributed by atoms with van der Waals surface area (Å²) >= 11 is 0. The van der Waals surface area contributed by atoms with Crippen LogP contribution in [0.25, 0.3) is 0 Å². The number of sulfonamides is 1. The zero-order chi connectivity index (χ0) is 70.7. The van der Waals surface area contributed by atoms with Crippen molar-refractivity contribution in [2.24, 2.45) is 29.4 Å². The molecule has 29 heteroatoms. The molecule has 0 bridgehead atoms. The number of carboxylic acids is 1. The van der Waals surface area contributed by atoms with Gasteiger partial charge in [-0.1, -0.05) is 111 Å². The minimum atomic E-state index is -3.93. The van der Waals surface area contributed by atoms with E-state index in [2.05, 4.69) is 36.6 Å². The number of aliphatic carboxylic acids is 1. The number of likely N-dealkylation sites (N-methyl/N-ethyl adjacent to an activating group) is 1. The van der Waals surface area contributed by atoms with E-state index < -0.39 is 147 Å². The Morgan fingerprint density at radius 1 is 0.737 bits per heavy atom. The maximum atomic E-state index is 14.7. The molecule has 4 rings (SSSR count). The van der Waals surface area contributed by atoms with Crippen LogP contribution in [0.3, 0.4) is 0 Å². The molecule has 1 saturated carbocycles. The van der Waals surface area contributed by atoms with Gasteiger partial charge in [-0.2, -0.15) is 0 Å². The lowest BCUT2D eigenvalue weighted by molar-refractivity contribution is -0.147. The Morgan fingerprint density at radius 3 is 1.98 bits per heavy atom. The van der Waals surface area contributed by atoms with Crippen molar-refractivity contribution in [1.82, 2.24) is 46.0 Å². The monoisotopic (exact) mass is 1350 g/mol. The number of benzene rings is 2. The van der Waals surface area contributed by atoms with E-state index >= 15 is 0 Å². The normalized spacial score (nSPS) is 16.7. The lowest BCUT2D eigenvalue weighted by atomic mass is 9.89. The Morgan fingerprint density at radius 2 is 1.40 bits per heavy atom. The van der Waals surface area contributed by atoms with Gasteiger partial charge in [0.05, 0.1) is 48.4 Å². The number of hydrogen-bond acceptors (Lipinski definition) is 16. The van der Waals surface area contributed by atoms with E-state index in [1.165, 1.54) is 21.3 Å². The summed E-state index contributed by atoms with van der Waals surface area (Å²) in [5.74, 6) is -7.62. The number of anilines is 1. The fourth-order valence-electron chi connectivity index (χ4n) is 11.6. The van der Waals surface area contributed by atoms with E-state index in [1.54, 1.807) is 99.0 Å². The highest BCUT2D eigenvalue weighted by molar-refractivity contribution is 7.90. The fraction of sp³-hybridized carbons (Fsp3) is 0.652. The Labute approximate surface area is 558 Å². The number of carbonyl (C=O) groups is 11. The molecule has 10 atom stereocenters. The first-order valence-electron chi connectivity index (χ1n) is 32.9. The third kappa shape index (κ3) is 25.3. The van der Waals surface area contributed by atoms with E-state index in [1.807, 2.05) is 20.8 Å². The Hall–Kier alpha value is -7.92. The molecule has 10 unspecified atom stereocenters. The molecule has 1 saturated heterocycles. The molecule has 10 N–H and O–H groups in total. The number of carboxylic acid groups (broad SMARTS) is 1. The molecule has 1 aliphatic carbocycles. The first kappa shape index (κ1) is 79.5. The highest BCUT2D eigenvalue weighted by Crippen LogP contribution is 2.31. The first-order chi connectivity index (χ1) is 45.0. The van der Waals surface area contributed by atoms with Crippen LogP contribution in [0.5, 0.6) is 0 Å². The van der Waals surface area contributed by atoms with Crippen LogP contribution in [0.4, 0.5) is 15.3 Å². The molecule has 1 aliphatic heterocycles. The van der Waals surface area contributed by atoms with Gasteiger partial charge in [-0.3, -0.25) is 52.8 Å². The molecule has 0 radical (unpaired) electrons. The number of nitrogens with two attached hydrogens (primary N) is 1. The van der Waals surface area contributed by atoms with Crippen LogP contribution in [0.2, 0.25) is 0 Å². The number of unbranched alkanes of at least 4 members (excludes halogenated alkanes) is 1. The molecule has 95 heavy (non-hydrogen) atoms. The second kappa shape index (κ2) is 39.2. The lowest BCUT2D eigenvalue weighted by Gasteiger charge is -2.41. The van der Waals surface area contributed by atoms with Crippen LogP contribution in [-0.4, -0.2) is 195 Å². The smallest absolute Gasteiger partial charge is 0.410 e. The predicted octanol–water partition coefficient (Wildman–Crippen LogP) is 4.09. The van der Waals surface area contributed by atoms with Crippen molar-refractivity contribution in [3.05, 3.63) is 65.7 Å². The van der Waals surface area contributed by atoms with Crippen LogP contribution in [0.1, 0.15) is 150 Å². The number of likely N-dealkylation sites (tertiary alicyclic amines) is 1. The third-order valence-corrected chi connectivity index (χ3v) is 19.1.